The molecule has 0 saturated carbocycles. The smallest absolute Gasteiger partial charge is 0.139 e. The zero-order chi connectivity index (χ0) is 33.0. The first-order valence-corrected chi connectivity index (χ1v) is 16.8. The lowest BCUT2D eigenvalue weighted by Crippen LogP contribution is -2.23. The first kappa shape index (κ1) is 28.2. The minimum absolute atomic E-state index is 0.712. The molecule has 0 radical (unpaired) electrons. The van der Waals surface area contributed by atoms with E-state index in [0.717, 1.165) is 56.0 Å². The van der Waals surface area contributed by atoms with Gasteiger partial charge in [-0.05, 0) is 72.8 Å². The van der Waals surface area contributed by atoms with Crippen molar-refractivity contribution in [2.45, 2.75) is 0 Å². The number of hydrogen-bond donors (Lipinski definition) is 0. The normalized spacial score (nSPS) is 12.6. The average Bonchev–Trinajstić information content (AvgIpc) is 3.87. The summed E-state index contributed by atoms with van der Waals surface area (Å²) in [5, 5.41) is 3.42. The van der Waals surface area contributed by atoms with Gasteiger partial charge >= 0.3 is 0 Å². The van der Waals surface area contributed by atoms with Crippen LogP contribution in [0.5, 0.6) is 11.5 Å². The predicted molar refractivity (Wildman–Crippen MR) is 204 cm³/mol. The molecular weight excluding hydrogens is 615 g/mol. The topological polar surface area (TPSA) is 38.5 Å². The lowest BCUT2D eigenvalue weighted by atomic mass is 10.1. The van der Waals surface area contributed by atoms with Gasteiger partial charge in [-0.15, -0.1) is 0 Å². The molecule has 0 saturated heterocycles. The third kappa shape index (κ3) is 4.61. The molecule has 6 nitrogen and oxygen atoms in total. The molecule has 1 aliphatic rings. The molecule has 0 bridgehead atoms. The van der Waals surface area contributed by atoms with E-state index in [0.29, 0.717) is 6.67 Å². The molecule has 1 aliphatic heterocycles. The molecule has 0 atom stereocenters. The summed E-state index contributed by atoms with van der Waals surface area (Å²) >= 11 is 0. The fourth-order valence-corrected chi connectivity index (χ4v) is 7.33. The molecule has 6 heteroatoms. The molecule has 0 aliphatic carbocycles. The molecule has 0 unspecified atom stereocenters. The molecule has 9 aromatic rings. The first-order valence-electron chi connectivity index (χ1n) is 16.8. The van der Waals surface area contributed by atoms with E-state index in [4.69, 9.17) is 9.72 Å². The Kier molecular flexibility index (Phi) is 6.45. The second kappa shape index (κ2) is 11.4. The molecule has 0 spiro atoms. The molecule has 0 N–H and O–H groups in total. The van der Waals surface area contributed by atoms with Crippen LogP contribution in [0.2, 0.25) is 0 Å². The van der Waals surface area contributed by atoms with Gasteiger partial charge in [0, 0.05) is 63.8 Å². The number of nitrogens with zero attached hydrogens (tertiary/aromatic N) is 5. The van der Waals surface area contributed by atoms with E-state index in [9.17, 15) is 0 Å². The fraction of sp³-hybridized carbons (Fsp3) is 0.0227. The number of hydrogen-bond acceptors (Lipinski definition) is 4. The van der Waals surface area contributed by atoms with E-state index in [1.807, 2.05) is 18.3 Å². The number of rotatable bonds is 6. The van der Waals surface area contributed by atoms with Crippen LogP contribution < -0.4 is 14.5 Å². The molecular formula is C44H31N5O. The van der Waals surface area contributed by atoms with Crippen LogP contribution in [0.25, 0.3) is 44.2 Å². The highest BCUT2D eigenvalue weighted by atomic mass is 16.5. The summed E-state index contributed by atoms with van der Waals surface area (Å²) in [5.74, 6) is 2.40. The van der Waals surface area contributed by atoms with E-state index in [-0.39, 0.29) is 0 Å². The lowest BCUT2D eigenvalue weighted by molar-refractivity contribution is 0.483. The molecule has 6 aromatic carbocycles. The van der Waals surface area contributed by atoms with Gasteiger partial charge in [0.25, 0.3) is 0 Å². The maximum absolute atomic E-state index is 6.63. The van der Waals surface area contributed by atoms with Gasteiger partial charge in [0.1, 0.15) is 24.0 Å². The van der Waals surface area contributed by atoms with E-state index < -0.39 is 0 Å². The van der Waals surface area contributed by atoms with Gasteiger partial charge in [-0.25, -0.2) is 4.98 Å². The van der Waals surface area contributed by atoms with Crippen molar-refractivity contribution in [3.05, 3.63) is 176 Å². The number of fused-ring (bicyclic) bond motifs is 5. The standard InChI is InChI=1S/C44H31N5O/c1-3-12-32(13-4-1)46-25-24-31-29-45-44(28-42(31)46)49-39-19-8-7-18-37(39)38-23-22-36(27-43(38)49)50-35-17-11-16-34(26-35)48-30-47(33-14-5-2-6-15-33)40-20-9-10-21-41(40)48/h1-29H,30H2. The zero-order valence-corrected chi connectivity index (χ0v) is 27.1. The number of ether oxygens (including phenoxy) is 1. The number of pyridine rings is 1. The van der Waals surface area contributed by atoms with Crippen LogP contribution in [0.1, 0.15) is 0 Å². The summed E-state index contributed by atoms with van der Waals surface area (Å²) < 4.78 is 11.1. The SMILES string of the molecule is c1ccc(N2CN(c3cccc(Oc4ccc5c6ccccc6n(-c6cc7c(ccn7-c7ccccc7)cn6)c5c4)c3)c3ccccc32)cc1. The monoisotopic (exact) mass is 645 g/mol. The van der Waals surface area contributed by atoms with Gasteiger partial charge in [0.05, 0.1) is 27.9 Å². The number of aromatic nitrogens is 3. The Balaban J connectivity index is 1.03. The summed E-state index contributed by atoms with van der Waals surface area (Å²) in [6, 6.07) is 57.0. The van der Waals surface area contributed by atoms with E-state index in [1.165, 1.54) is 22.4 Å². The third-order valence-corrected chi connectivity index (χ3v) is 9.65. The van der Waals surface area contributed by atoms with Crippen molar-refractivity contribution < 1.29 is 4.74 Å². The summed E-state index contributed by atoms with van der Waals surface area (Å²) in [6.07, 6.45) is 4.07. The van der Waals surface area contributed by atoms with Gasteiger partial charge in [0.15, 0.2) is 0 Å². The lowest BCUT2D eigenvalue weighted by Gasteiger charge is -2.22. The average molecular weight is 646 g/mol. The highest BCUT2D eigenvalue weighted by Crippen LogP contribution is 2.45. The van der Waals surface area contributed by atoms with Crippen LogP contribution in [-0.2, 0) is 0 Å². The van der Waals surface area contributed by atoms with E-state index in [2.05, 4.69) is 177 Å². The van der Waals surface area contributed by atoms with Crippen molar-refractivity contribution in [1.29, 1.82) is 0 Å². The Morgan fingerprint density at radius 1 is 0.480 bits per heavy atom. The highest BCUT2D eigenvalue weighted by Gasteiger charge is 2.28. The summed E-state index contributed by atoms with van der Waals surface area (Å²) in [4.78, 5) is 9.65. The molecule has 238 valence electrons. The Labute approximate surface area is 289 Å². The summed E-state index contributed by atoms with van der Waals surface area (Å²) in [5.41, 5.74) is 8.95. The predicted octanol–water partition coefficient (Wildman–Crippen LogP) is 11.2. The summed E-state index contributed by atoms with van der Waals surface area (Å²) in [7, 11) is 0. The molecule has 3 aromatic heterocycles. The highest BCUT2D eigenvalue weighted by molar-refractivity contribution is 6.09. The van der Waals surface area contributed by atoms with Crippen LogP contribution in [0.4, 0.5) is 22.7 Å². The Bertz CT molecular complexity index is 2680. The third-order valence-electron chi connectivity index (χ3n) is 9.65. The quantitative estimate of drug-likeness (QED) is 0.180. The second-order valence-electron chi connectivity index (χ2n) is 12.6. The Morgan fingerprint density at radius 3 is 1.96 bits per heavy atom. The van der Waals surface area contributed by atoms with Crippen LogP contribution >= 0.6 is 0 Å². The molecule has 50 heavy (non-hydrogen) atoms. The van der Waals surface area contributed by atoms with Crippen molar-refractivity contribution in [1.82, 2.24) is 14.1 Å². The number of para-hydroxylation sites is 5. The van der Waals surface area contributed by atoms with Gasteiger partial charge < -0.3 is 19.1 Å². The second-order valence-corrected chi connectivity index (χ2v) is 12.6. The minimum atomic E-state index is 0.712. The van der Waals surface area contributed by atoms with Gasteiger partial charge in [-0.3, -0.25) is 4.57 Å². The first-order chi connectivity index (χ1) is 24.8. The summed E-state index contributed by atoms with van der Waals surface area (Å²) in [6.45, 7) is 0.712. The van der Waals surface area contributed by atoms with Gasteiger partial charge in [0.2, 0.25) is 0 Å². The zero-order valence-electron chi connectivity index (χ0n) is 27.1. The Morgan fingerprint density at radius 2 is 1.14 bits per heavy atom. The van der Waals surface area contributed by atoms with Crippen LogP contribution in [0.15, 0.2) is 176 Å². The van der Waals surface area contributed by atoms with Crippen LogP contribution in [0.3, 0.4) is 0 Å². The van der Waals surface area contributed by atoms with Crippen LogP contribution in [-0.4, -0.2) is 20.8 Å². The number of benzene rings is 6. The maximum Gasteiger partial charge on any atom is 0.139 e. The van der Waals surface area contributed by atoms with Crippen molar-refractivity contribution in [2.75, 3.05) is 16.5 Å². The maximum atomic E-state index is 6.63. The van der Waals surface area contributed by atoms with Crippen LogP contribution in [0, 0.1) is 0 Å². The largest absolute Gasteiger partial charge is 0.457 e. The molecule has 0 fully saturated rings. The van der Waals surface area contributed by atoms with Gasteiger partial charge in [-0.1, -0.05) is 72.8 Å². The molecule has 10 rings (SSSR count). The van der Waals surface area contributed by atoms with E-state index in [1.54, 1.807) is 0 Å². The number of anilines is 4. The molecule has 0 amide bonds. The minimum Gasteiger partial charge on any atom is -0.457 e. The van der Waals surface area contributed by atoms with E-state index >= 15 is 0 Å². The van der Waals surface area contributed by atoms with Crippen molar-refractivity contribution >= 4 is 55.5 Å². The molecule has 4 heterocycles. The van der Waals surface area contributed by atoms with Gasteiger partial charge in [-0.2, -0.15) is 0 Å². The fourth-order valence-electron chi connectivity index (χ4n) is 7.33. The van der Waals surface area contributed by atoms with Crippen molar-refractivity contribution in [3.63, 3.8) is 0 Å². The Hall–Kier alpha value is -6.79. The van der Waals surface area contributed by atoms with Crippen molar-refractivity contribution in [2.24, 2.45) is 0 Å². The van der Waals surface area contributed by atoms with Crippen molar-refractivity contribution in [3.8, 4) is 23.0 Å².